The van der Waals surface area contributed by atoms with Crippen molar-refractivity contribution >= 4 is 18.0 Å². The van der Waals surface area contributed by atoms with Gasteiger partial charge in [0.1, 0.15) is 5.82 Å². The summed E-state index contributed by atoms with van der Waals surface area (Å²) in [5.41, 5.74) is 0. The van der Waals surface area contributed by atoms with E-state index in [2.05, 4.69) is 9.97 Å². The highest BCUT2D eigenvalue weighted by atomic mass is 16.2. The van der Waals surface area contributed by atoms with Gasteiger partial charge in [-0.15, -0.1) is 0 Å². The molecule has 1 heterocycles. The molecule has 0 bridgehead atoms. The van der Waals surface area contributed by atoms with Gasteiger partial charge in [0, 0.05) is 14.0 Å². The van der Waals surface area contributed by atoms with Crippen LogP contribution in [0.3, 0.4) is 0 Å². The molecule has 0 fully saturated rings. The number of aldehydes is 1. The molecule has 5 nitrogen and oxygen atoms in total. The van der Waals surface area contributed by atoms with E-state index in [4.69, 9.17) is 0 Å². The van der Waals surface area contributed by atoms with E-state index in [1.165, 1.54) is 18.0 Å². The van der Waals surface area contributed by atoms with Crippen LogP contribution in [0.5, 0.6) is 0 Å². The van der Waals surface area contributed by atoms with Crippen LogP contribution in [0.2, 0.25) is 0 Å². The number of nitrogens with one attached hydrogen (secondary N) is 1. The highest BCUT2D eigenvalue weighted by Crippen LogP contribution is 2.07. The van der Waals surface area contributed by atoms with E-state index >= 15 is 0 Å². The third-order valence-electron chi connectivity index (χ3n) is 1.53. The quantitative estimate of drug-likeness (QED) is 0.640. The van der Waals surface area contributed by atoms with Gasteiger partial charge < -0.3 is 9.88 Å². The average molecular weight is 167 g/mol. The van der Waals surface area contributed by atoms with Crippen molar-refractivity contribution in [2.24, 2.45) is 0 Å². The number of rotatable bonds is 2. The van der Waals surface area contributed by atoms with E-state index < -0.39 is 0 Å². The number of amides is 1. The lowest BCUT2D eigenvalue weighted by molar-refractivity contribution is -0.116. The fourth-order valence-electron chi connectivity index (χ4n) is 0.726. The normalized spacial score (nSPS) is 9.50. The summed E-state index contributed by atoms with van der Waals surface area (Å²) in [7, 11) is 1.60. The Balaban J connectivity index is 2.88. The van der Waals surface area contributed by atoms with Crippen LogP contribution in [-0.2, 0) is 4.79 Å². The van der Waals surface area contributed by atoms with Gasteiger partial charge in [0.25, 0.3) is 0 Å². The van der Waals surface area contributed by atoms with Crippen molar-refractivity contribution < 1.29 is 9.59 Å². The Kier molecular flexibility index (Phi) is 2.23. The summed E-state index contributed by atoms with van der Waals surface area (Å²) in [4.78, 5) is 28.8. The molecule has 5 heteroatoms. The third-order valence-corrected chi connectivity index (χ3v) is 1.53. The average Bonchev–Trinajstić information content (AvgIpc) is 2.50. The summed E-state index contributed by atoms with van der Waals surface area (Å²) < 4.78 is 0. The smallest absolute Gasteiger partial charge is 0.224 e. The summed E-state index contributed by atoms with van der Waals surface area (Å²) in [6.45, 7) is 1.43. The van der Waals surface area contributed by atoms with E-state index in [9.17, 15) is 9.59 Å². The zero-order valence-electron chi connectivity index (χ0n) is 6.87. The summed E-state index contributed by atoms with van der Waals surface area (Å²) in [5.74, 6) is 0.624. The zero-order valence-corrected chi connectivity index (χ0v) is 6.87. The SMILES string of the molecule is CC(=O)N(C)c1cnc(C=O)[nH]1. The van der Waals surface area contributed by atoms with Gasteiger partial charge in [-0.3, -0.25) is 9.59 Å². The second-order valence-electron chi connectivity index (χ2n) is 2.35. The molecule has 1 aromatic heterocycles. The number of imidazole rings is 1. The summed E-state index contributed by atoms with van der Waals surface area (Å²) >= 11 is 0. The lowest BCUT2D eigenvalue weighted by Gasteiger charge is -2.10. The highest BCUT2D eigenvalue weighted by Gasteiger charge is 2.07. The molecule has 0 aliphatic carbocycles. The minimum atomic E-state index is -0.115. The summed E-state index contributed by atoms with van der Waals surface area (Å²) in [6, 6.07) is 0. The number of anilines is 1. The minimum absolute atomic E-state index is 0.115. The predicted molar refractivity (Wildman–Crippen MR) is 43.1 cm³/mol. The van der Waals surface area contributed by atoms with Crippen molar-refractivity contribution in [3.05, 3.63) is 12.0 Å². The van der Waals surface area contributed by atoms with Crippen molar-refractivity contribution in [3.63, 3.8) is 0 Å². The Hall–Kier alpha value is -1.65. The first kappa shape index (κ1) is 8.45. The number of carbonyl (C=O) groups excluding carboxylic acids is 2. The Morgan fingerprint density at radius 1 is 1.75 bits per heavy atom. The van der Waals surface area contributed by atoms with Gasteiger partial charge in [-0.1, -0.05) is 0 Å². The van der Waals surface area contributed by atoms with Crippen molar-refractivity contribution in [3.8, 4) is 0 Å². The molecule has 0 atom stereocenters. The molecule has 1 N–H and O–H groups in total. The first-order chi connectivity index (χ1) is 5.65. The standard InChI is InChI=1S/C7H9N3O2/c1-5(12)10(2)7-3-8-6(4-11)9-7/h3-4H,1-2H3,(H,8,9). The maximum Gasteiger partial charge on any atom is 0.224 e. The van der Waals surface area contributed by atoms with Gasteiger partial charge in [0.05, 0.1) is 6.20 Å². The number of aromatic amines is 1. The fourth-order valence-corrected chi connectivity index (χ4v) is 0.726. The van der Waals surface area contributed by atoms with E-state index in [0.717, 1.165) is 0 Å². The van der Waals surface area contributed by atoms with Crippen LogP contribution in [-0.4, -0.2) is 29.2 Å². The minimum Gasteiger partial charge on any atom is -0.322 e. The molecule has 0 aromatic carbocycles. The van der Waals surface area contributed by atoms with Crippen molar-refractivity contribution in [1.29, 1.82) is 0 Å². The lowest BCUT2D eigenvalue weighted by atomic mass is 10.5. The van der Waals surface area contributed by atoms with Crippen molar-refractivity contribution in [1.82, 2.24) is 9.97 Å². The van der Waals surface area contributed by atoms with Crippen LogP contribution in [0.4, 0.5) is 5.82 Å². The topological polar surface area (TPSA) is 66.1 Å². The molecule has 0 aliphatic heterocycles. The van der Waals surface area contributed by atoms with Gasteiger partial charge in [0.15, 0.2) is 12.1 Å². The van der Waals surface area contributed by atoms with Crippen LogP contribution in [0.1, 0.15) is 17.5 Å². The molecule has 64 valence electrons. The Labute approximate surface area is 69.4 Å². The van der Waals surface area contributed by atoms with Crippen LogP contribution >= 0.6 is 0 Å². The van der Waals surface area contributed by atoms with Gasteiger partial charge in [0.2, 0.25) is 5.91 Å². The van der Waals surface area contributed by atoms with Gasteiger partial charge in [-0.05, 0) is 0 Å². The second-order valence-corrected chi connectivity index (χ2v) is 2.35. The first-order valence-electron chi connectivity index (χ1n) is 3.39. The Morgan fingerprint density at radius 3 is 2.83 bits per heavy atom. The van der Waals surface area contributed by atoms with E-state index in [0.29, 0.717) is 12.1 Å². The Morgan fingerprint density at radius 2 is 2.42 bits per heavy atom. The maximum atomic E-state index is 10.8. The van der Waals surface area contributed by atoms with Gasteiger partial charge >= 0.3 is 0 Å². The van der Waals surface area contributed by atoms with Crippen LogP contribution < -0.4 is 4.90 Å². The molecule has 0 saturated carbocycles. The van der Waals surface area contributed by atoms with Gasteiger partial charge in [-0.2, -0.15) is 0 Å². The van der Waals surface area contributed by atoms with Crippen molar-refractivity contribution in [2.75, 3.05) is 11.9 Å². The first-order valence-corrected chi connectivity index (χ1v) is 3.39. The molecule has 0 radical (unpaired) electrons. The molecular formula is C7H9N3O2. The molecule has 1 aromatic rings. The number of aromatic nitrogens is 2. The number of H-pyrrole nitrogens is 1. The van der Waals surface area contributed by atoms with Gasteiger partial charge in [-0.25, -0.2) is 4.98 Å². The van der Waals surface area contributed by atoms with Crippen molar-refractivity contribution in [2.45, 2.75) is 6.92 Å². The fraction of sp³-hybridized carbons (Fsp3) is 0.286. The molecule has 12 heavy (non-hydrogen) atoms. The second kappa shape index (κ2) is 3.17. The highest BCUT2D eigenvalue weighted by molar-refractivity contribution is 5.90. The zero-order chi connectivity index (χ0) is 9.14. The number of nitrogens with zero attached hydrogens (tertiary/aromatic N) is 2. The van der Waals surface area contributed by atoms with Crippen LogP contribution in [0.15, 0.2) is 6.20 Å². The molecule has 0 saturated heterocycles. The van der Waals surface area contributed by atoms with E-state index in [1.807, 2.05) is 0 Å². The largest absolute Gasteiger partial charge is 0.322 e. The van der Waals surface area contributed by atoms with E-state index in [-0.39, 0.29) is 11.7 Å². The number of hydrogen-bond acceptors (Lipinski definition) is 3. The predicted octanol–water partition coefficient (Wildman–Crippen LogP) is 0.205. The maximum absolute atomic E-state index is 10.8. The monoisotopic (exact) mass is 167 g/mol. The summed E-state index contributed by atoms with van der Waals surface area (Å²) in [5, 5.41) is 0. The summed E-state index contributed by atoms with van der Waals surface area (Å²) in [6.07, 6.45) is 2.03. The third kappa shape index (κ3) is 1.50. The number of carbonyl (C=O) groups is 2. The Bertz CT molecular complexity index is 305. The van der Waals surface area contributed by atoms with E-state index in [1.54, 1.807) is 7.05 Å². The molecule has 0 unspecified atom stereocenters. The molecule has 1 amide bonds. The van der Waals surface area contributed by atoms with Crippen LogP contribution in [0, 0.1) is 0 Å². The molecule has 0 spiro atoms. The molecule has 1 rings (SSSR count). The van der Waals surface area contributed by atoms with Crippen LogP contribution in [0.25, 0.3) is 0 Å². The molecule has 0 aliphatic rings. The lowest BCUT2D eigenvalue weighted by Crippen LogP contribution is -2.23. The molecular weight excluding hydrogens is 158 g/mol. The number of hydrogen-bond donors (Lipinski definition) is 1.